The van der Waals surface area contributed by atoms with Crippen LogP contribution in [0.25, 0.3) is 0 Å². The van der Waals surface area contributed by atoms with Gasteiger partial charge < -0.3 is 23.1 Å². The summed E-state index contributed by atoms with van der Waals surface area (Å²) in [5, 5.41) is -0.117. The summed E-state index contributed by atoms with van der Waals surface area (Å²) in [6.45, 7) is 22.4. The fourth-order valence-corrected chi connectivity index (χ4v) is 7.75. The minimum Gasteiger partial charge on any atom is -0.454 e. The van der Waals surface area contributed by atoms with Crippen LogP contribution in [0.3, 0.4) is 0 Å². The van der Waals surface area contributed by atoms with Crippen molar-refractivity contribution >= 4 is 28.5 Å². The minimum atomic E-state index is -2.34. The van der Waals surface area contributed by atoms with Gasteiger partial charge in [0.25, 0.3) is 0 Å². The van der Waals surface area contributed by atoms with E-state index in [1.165, 1.54) is 7.11 Å². The molecule has 1 fully saturated rings. The van der Waals surface area contributed by atoms with Crippen molar-refractivity contribution in [1.29, 1.82) is 0 Å². The molecule has 10 heteroatoms. The largest absolute Gasteiger partial charge is 0.454 e. The first-order valence-corrected chi connectivity index (χ1v) is 19.3. The molecule has 0 bridgehead atoms. The molecule has 1 aromatic rings. The van der Waals surface area contributed by atoms with E-state index in [1.54, 1.807) is 4.90 Å². The molecular weight excluding hydrogens is 518 g/mol. The second-order valence-corrected chi connectivity index (χ2v) is 23.4. The van der Waals surface area contributed by atoms with E-state index in [9.17, 15) is 9.59 Å². The average Bonchev–Trinajstić information content (AvgIpc) is 3.24. The number of rotatable bonds is 4. The van der Waals surface area contributed by atoms with Gasteiger partial charge in [0.15, 0.2) is 28.1 Å². The first-order chi connectivity index (χ1) is 17.4. The molecule has 0 radical (unpaired) electrons. The first kappa shape index (κ1) is 29.1. The summed E-state index contributed by atoms with van der Waals surface area (Å²) in [4.78, 5) is 29.0. The van der Waals surface area contributed by atoms with Gasteiger partial charge in [-0.05, 0) is 59.5 Å². The molecule has 38 heavy (non-hydrogen) atoms. The number of carbonyl (C=O) groups is 2. The Balaban J connectivity index is 1.86. The van der Waals surface area contributed by atoms with E-state index in [0.29, 0.717) is 11.5 Å². The Morgan fingerprint density at radius 3 is 2.05 bits per heavy atom. The molecular formula is C28H45NO7Si2. The number of amides is 1. The zero-order chi connectivity index (χ0) is 28.4. The monoisotopic (exact) mass is 563 g/mol. The number of hydrogen-bond acceptors (Lipinski definition) is 7. The number of Topliss-reactive ketones (excluding diaryl/α,β-unsaturated/α-hetero) is 1. The van der Waals surface area contributed by atoms with Crippen LogP contribution >= 0.6 is 0 Å². The highest BCUT2D eigenvalue weighted by Gasteiger charge is 2.57. The SMILES string of the molecule is COC(=O)N1Cc2cc3c(cc2C2C(=O)C[C@@H](O[Si](C)(C)C(C)(C)C)[C@@H](O[Si](C)(C)C(C)(C)C)C21)OCO3. The molecule has 2 aliphatic heterocycles. The molecule has 0 spiro atoms. The standard InChI is InChI=1S/C28H45NO7Si2/c1-27(2,3)37(8,9)35-22-14-19(30)23-18-13-21-20(33-16-34-21)12-17(18)15-29(26(31)32-7)24(23)25(22)36-38(10,11)28(4,5)6/h12-13,22-25H,14-16H2,1-11H3/t22-,23?,24?,25-/m1/s1. The van der Waals surface area contributed by atoms with Crippen molar-refractivity contribution in [3.8, 4) is 11.5 Å². The Hall–Kier alpha value is -1.89. The van der Waals surface area contributed by atoms with Crippen LogP contribution < -0.4 is 9.47 Å². The molecule has 4 atom stereocenters. The first-order valence-electron chi connectivity index (χ1n) is 13.5. The van der Waals surface area contributed by atoms with Gasteiger partial charge in [-0.2, -0.15) is 0 Å². The number of benzene rings is 1. The zero-order valence-corrected chi connectivity index (χ0v) is 26.9. The maximum absolute atomic E-state index is 14.0. The van der Waals surface area contributed by atoms with Gasteiger partial charge in [-0.25, -0.2) is 4.79 Å². The predicted octanol–water partition coefficient (Wildman–Crippen LogP) is 6.20. The Kier molecular flexibility index (Phi) is 7.38. The van der Waals surface area contributed by atoms with Crippen molar-refractivity contribution in [2.45, 2.75) is 115 Å². The highest BCUT2D eigenvalue weighted by atomic mass is 28.4. The molecule has 2 heterocycles. The maximum Gasteiger partial charge on any atom is 0.410 e. The van der Waals surface area contributed by atoms with Crippen LogP contribution in [0.5, 0.6) is 11.5 Å². The summed E-state index contributed by atoms with van der Waals surface area (Å²) >= 11 is 0. The molecule has 3 aliphatic rings. The molecule has 2 unspecified atom stereocenters. The third-order valence-electron chi connectivity index (χ3n) is 9.36. The van der Waals surface area contributed by atoms with Gasteiger partial charge >= 0.3 is 6.09 Å². The van der Waals surface area contributed by atoms with E-state index in [0.717, 1.165) is 11.1 Å². The normalized spacial score (nSPS) is 25.7. The topological polar surface area (TPSA) is 83.5 Å². The molecule has 4 rings (SSSR count). The van der Waals surface area contributed by atoms with E-state index in [1.807, 2.05) is 12.1 Å². The number of hydrogen-bond donors (Lipinski definition) is 0. The predicted molar refractivity (Wildman–Crippen MR) is 151 cm³/mol. The third-order valence-corrected chi connectivity index (χ3v) is 18.3. The van der Waals surface area contributed by atoms with Crippen molar-refractivity contribution in [3.05, 3.63) is 23.3 Å². The summed E-state index contributed by atoms with van der Waals surface area (Å²) in [5.74, 6) is 0.732. The fourth-order valence-electron chi connectivity index (χ4n) is 5.10. The lowest BCUT2D eigenvalue weighted by molar-refractivity contribution is -0.136. The Morgan fingerprint density at radius 1 is 0.947 bits per heavy atom. The van der Waals surface area contributed by atoms with Crippen molar-refractivity contribution in [2.75, 3.05) is 13.9 Å². The number of carbonyl (C=O) groups excluding carboxylic acids is 2. The van der Waals surface area contributed by atoms with Crippen LogP contribution in [0.15, 0.2) is 12.1 Å². The van der Waals surface area contributed by atoms with E-state index in [2.05, 4.69) is 67.7 Å². The average molecular weight is 564 g/mol. The van der Waals surface area contributed by atoms with Gasteiger partial charge in [0, 0.05) is 13.0 Å². The van der Waals surface area contributed by atoms with Crippen LogP contribution in [0.4, 0.5) is 4.79 Å². The van der Waals surface area contributed by atoms with Crippen molar-refractivity contribution in [3.63, 3.8) is 0 Å². The molecule has 8 nitrogen and oxygen atoms in total. The highest BCUT2D eigenvalue weighted by molar-refractivity contribution is 6.74. The van der Waals surface area contributed by atoms with Crippen molar-refractivity contribution in [2.24, 2.45) is 0 Å². The highest BCUT2D eigenvalue weighted by Crippen LogP contribution is 2.50. The van der Waals surface area contributed by atoms with Crippen LogP contribution in [0.2, 0.25) is 36.3 Å². The number of ether oxygens (including phenoxy) is 3. The third kappa shape index (κ3) is 5.04. The number of methoxy groups -OCH3 is 1. The summed E-state index contributed by atoms with van der Waals surface area (Å²) in [6.07, 6.45) is -1.18. The van der Waals surface area contributed by atoms with Gasteiger partial charge in [0.1, 0.15) is 5.78 Å². The molecule has 1 aliphatic carbocycles. The van der Waals surface area contributed by atoms with E-state index < -0.39 is 46.9 Å². The van der Waals surface area contributed by atoms with Gasteiger partial charge in [0.05, 0.1) is 31.3 Å². The lowest BCUT2D eigenvalue weighted by Gasteiger charge is -2.54. The van der Waals surface area contributed by atoms with Crippen LogP contribution in [0.1, 0.15) is 65.0 Å². The van der Waals surface area contributed by atoms with Crippen LogP contribution in [-0.4, -0.2) is 65.6 Å². The molecule has 212 valence electrons. The van der Waals surface area contributed by atoms with E-state index in [-0.39, 0.29) is 35.6 Å². The van der Waals surface area contributed by atoms with Crippen molar-refractivity contribution < 1.29 is 32.7 Å². The van der Waals surface area contributed by atoms with E-state index >= 15 is 0 Å². The molecule has 1 saturated carbocycles. The maximum atomic E-state index is 14.0. The van der Waals surface area contributed by atoms with Crippen LogP contribution in [-0.2, 0) is 24.9 Å². The Labute approximate surface area is 229 Å². The molecule has 1 amide bonds. The Bertz CT molecular complexity index is 1110. The summed E-state index contributed by atoms with van der Waals surface area (Å²) < 4.78 is 30.6. The number of ketones is 1. The molecule has 0 aromatic heterocycles. The second-order valence-electron chi connectivity index (χ2n) is 13.9. The lowest BCUT2D eigenvalue weighted by atomic mass is 9.71. The van der Waals surface area contributed by atoms with Gasteiger partial charge in [-0.15, -0.1) is 0 Å². The van der Waals surface area contributed by atoms with Gasteiger partial charge in [0.2, 0.25) is 6.79 Å². The van der Waals surface area contributed by atoms with Gasteiger partial charge in [-0.1, -0.05) is 41.5 Å². The second kappa shape index (κ2) is 9.64. The molecule has 0 N–H and O–H groups in total. The summed E-state index contributed by atoms with van der Waals surface area (Å²) in [7, 11) is -3.23. The van der Waals surface area contributed by atoms with Gasteiger partial charge in [-0.3, -0.25) is 9.69 Å². The van der Waals surface area contributed by atoms with Crippen molar-refractivity contribution in [1.82, 2.24) is 4.90 Å². The summed E-state index contributed by atoms with van der Waals surface area (Å²) in [5.41, 5.74) is 1.74. The van der Waals surface area contributed by atoms with Crippen LogP contribution in [0, 0.1) is 0 Å². The zero-order valence-electron chi connectivity index (χ0n) is 24.9. The van der Waals surface area contributed by atoms with E-state index in [4.69, 9.17) is 23.1 Å². The summed E-state index contributed by atoms with van der Waals surface area (Å²) in [6, 6.07) is 3.25. The minimum absolute atomic E-state index is 0.0440. The fraction of sp³-hybridized carbons (Fsp3) is 0.714. The number of fused-ring (bicyclic) bond motifs is 4. The molecule has 0 saturated heterocycles. The Morgan fingerprint density at radius 2 is 1.50 bits per heavy atom. The molecule has 1 aromatic carbocycles. The quantitative estimate of drug-likeness (QED) is 0.403. The smallest absolute Gasteiger partial charge is 0.410 e. The number of nitrogens with zero attached hydrogens (tertiary/aromatic N) is 1. The lowest BCUT2D eigenvalue weighted by Crippen LogP contribution is -2.66.